The van der Waals surface area contributed by atoms with Crippen LogP contribution in [0.1, 0.15) is 6.42 Å². The molecule has 1 fully saturated rings. The Labute approximate surface area is 86.8 Å². The van der Waals surface area contributed by atoms with Gasteiger partial charge in [0.05, 0.1) is 0 Å². The van der Waals surface area contributed by atoms with E-state index in [0.29, 0.717) is 5.92 Å². The average molecular weight is 192 g/mol. The molecule has 1 aliphatic rings. The Hall–Kier alpha value is -0.860. The SMILES string of the molecule is C=C/C=C\C(=C)CN1CCC(CN)C1. The molecule has 1 rings (SSSR count). The van der Waals surface area contributed by atoms with Crippen LogP contribution in [0.5, 0.6) is 0 Å². The molecule has 2 nitrogen and oxygen atoms in total. The van der Waals surface area contributed by atoms with E-state index in [2.05, 4.69) is 18.1 Å². The summed E-state index contributed by atoms with van der Waals surface area (Å²) >= 11 is 0. The third kappa shape index (κ3) is 3.48. The number of hydrogen-bond donors (Lipinski definition) is 1. The number of nitrogens with zero attached hydrogens (tertiary/aromatic N) is 1. The van der Waals surface area contributed by atoms with Crippen LogP contribution in [0.4, 0.5) is 0 Å². The van der Waals surface area contributed by atoms with Crippen LogP contribution in [0.25, 0.3) is 0 Å². The molecule has 0 saturated carbocycles. The summed E-state index contributed by atoms with van der Waals surface area (Å²) in [5, 5.41) is 0. The van der Waals surface area contributed by atoms with Gasteiger partial charge in [-0.1, -0.05) is 31.4 Å². The maximum absolute atomic E-state index is 5.63. The molecule has 14 heavy (non-hydrogen) atoms. The zero-order valence-corrected chi connectivity index (χ0v) is 8.78. The maximum atomic E-state index is 5.63. The molecule has 0 aromatic rings. The molecule has 0 aliphatic carbocycles. The van der Waals surface area contributed by atoms with E-state index in [1.165, 1.54) is 6.42 Å². The van der Waals surface area contributed by atoms with E-state index >= 15 is 0 Å². The van der Waals surface area contributed by atoms with Gasteiger partial charge in [-0.15, -0.1) is 0 Å². The van der Waals surface area contributed by atoms with Crippen molar-refractivity contribution < 1.29 is 0 Å². The molecular weight excluding hydrogens is 172 g/mol. The van der Waals surface area contributed by atoms with Crippen molar-refractivity contribution in [1.82, 2.24) is 4.90 Å². The summed E-state index contributed by atoms with van der Waals surface area (Å²) in [5.41, 5.74) is 6.77. The third-order valence-corrected chi connectivity index (χ3v) is 2.60. The van der Waals surface area contributed by atoms with Gasteiger partial charge in [-0.25, -0.2) is 0 Å². The van der Waals surface area contributed by atoms with Crippen LogP contribution in [0, 0.1) is 5.92 Å². The second-order valence-corrected chi connectivity index (χ2v) is 3.88. The molecule has 0 bridgehead atoms. The predicted molar refractivity (Wildman–Crippen MR) is 62.1 cm³/mol. The normalized spacial score (nSPS) is 23.1. The monoisotopic (exact) mass is 192 g/mol. The minimum Gasteiger partial charge on any atom is -0.330 e. The zero-order chi connectivity index (χ0) is 10.4. The number of nitrogens with two attached hydrogens (primary N) is 1. The highest BCUT2D eigenvalue weighted by atomic mass is 15.1. The van der Waals surface area contributed by atoms with E-state index < -0.39 is 0 Å². The smallest absolute Gasteiger partial charge is 0.0227 e. The molecule has 2 N–H and O–H groups in total. The lowest BCUT2D eigenvalue weighted by Gasteiger charge is -2.15. The highest BCUT2D eigenvalue weighted by molar-refractivity contribution is 5.19. The van der Waals surface area contributed by atoms with Crippen molar-refractivity contribution >= 4 is 0 Å². The summed E-state index contributed by atoms with van der Waals surface area (Å²) < 4.78 is 0. The number of allylic oxidation sites excluding steroid dienone is 2. The molecular formula is C12H20N2. The first kappa shape index (κ1) is 11.2. The van der Waals surface area contributed by atoms with Gasteiger partial charge in [0.2, 0.25) is 0 Å². The lowest BCUT2D eigenvalue weighted by Crippen LogP contribution is -2.24. The lowest BCUT2D eigenvalue weighted by atomic mass is 10.1. The fourth-order valence-electron chi connectivity index (χ4n) is 1.79. The minimum absolute atomic E-state index is 0.686. The maximum Gasteiger partial charge on any atom is 0.0227 e. The van der Waals surface area contributed by atoms with Gasteiger partial charge in [0.25, 0.3) is 0 Å². The average Bonchev–Trinajstić information content (AvgIpc) is 2.62. The molecule has 1 aliphatic heterocycles. The fourth-order valence-corrected chi connectivity index (χ4v) is 1.79. The molecule has 0 amide bonds. The molecule has 78 valence electrons. The van der Waals surface area contributed by atoms with Crippen molar-refractivity contribution in [1.29, 1.82) is 0 Å². The second-order valence-electron chi connectivity index (χ2n) is 3.88. The molecule has 2 heteroatoms. The molecule has 1 saturated heterocycles. The summed E-state index contributed by atoms with van der Waals surface area (Å²) in [6, 6.07) is 0. The molecule has 0 aromatic heterocycles. The Balaban J connectivity index is 2.28. The van der Waals surface area contributed by atoms with E-state index in [1.807, 2.05) is 12.2 Å². The summed E-state index contributed by atoms with van der Waals surface area (Å²) in [4.78, 5) is 2.41. The molecule has 0 radical (unpaired) electrons. The van der Waals surface area contributed by atoms with E-state index in [0.717, 1.165) is 31.8 Å². The van der Waals surface area contributed by atoms with Crippen LogP contribution in [-0.2, 0) is 0 Å². The van der Waals surface area contributed by atoms with Crippen molar-refractivity contribution in [2.45, 2.75) is 6.42 Å². The van der Waals surface area contributed by atoms with Crippen LogP contribution < -0.4 is 5.73 Å². The summed E-state index contributed by atoms with van der Waals surface area (Å²) in [6.07, 6.45) is 6.95. The van der Waals surface area contributed by atoms with Crippen LogP contribution in [0.3, 0.4) is 0 Å². The minimum atomic E-state index is 0.686. The van der Waals surface area contributed by atoms with Gasteiger partial charge in [0, 0.05) is 13.1 Å². The van der Waals surface area contributed by atoms with Crippen molar-refractivity contribution in [3.63, 3.8) is 0 Å². The Morgan fingerprint density at radius 1 is 1.57 bits per heavy atom. The number of likely N-dealkylation sites (tertiary alicyclic amines) is 1. The predicted octanol–water partition coefficient (Wildman–Crippen LogP) is 1.57. The van der Waals surface area contributed by atoms with E-state index in [-0.39, 0.29) is 0 Å². The largest absolute Gasteiger partial charge is 0.330 e. The second kappa shape index (κ2) is 5.78. The topological polar surface area (TPSA) is 29.3 Å². The van der Waals surface area contributed by atoms with E-state index in [1.54, 1.807) is 6.08 Å². The standard InChI is InChI=1S/C12H20N2/c1-3-4-5-11(2)9-14-7-6-12(8-13)10-14/h3-5,12H,1-2,6-10,13H2/b5-4-. The number of hydrogen-bond acceptors (Lipinski definition) is 2. The highest BCUT2D eigenvalue weighted by Gasteiger charge is 2.20. The lowest BCUT2D eigenvalue weighted by molar-refractivity contribution is 0.355. The summed E-state index contributed by atoms with van der Waals surface area (Å²) in [6.45, 7) is 11.7. The Bertz CT molecular complexity index is 230. The van der Waals surface area contributed by atoms with Gasteiger partial charge in [0.15, 0.2) is 0 Å². The van der Waals surface area contributed by atoms with Gasteiger partial charge in [-0.05, 0) is 31.0 Å². The van der Waals surface area contributed by atoms with Gasteiger partial charge in [0.1, 0.15) is 0 Å². The highest BCUT2D eigenvalue weighted by Crippen LogP contribution is 2.15. The van der Waals surface area contributed by atoms with Gasteiger partial charge in [-0.2, -0.15) is 0 Å². The van der Waals surface area contributed by atoms with Crippen molar-refractivity contribution in [3.05, 3.63) is 37.0 Å². The van der Waals surface area contributed by atoms with Crippen LogP contribution in [-0.4, -0.2) is 31.1 Å². The van der Waals surface area contributed by atoms with Crippen LogP contribution in [0.2, 0.25) is 0 Å². The first-order valence-corrected chi connectivity index (χ1v) is 5.15. The van der Waals surface area contributed by atoms with E-state index in [4.69, 9.17) is 5.73 Å². The molecule has 0 spiro atoms. The van der Waals surface area contributed by atoms with Gasteiger partial charge in [-0.3, -0.25) is 4.90 Å². The van der Waals surface area contributed by atoms with E-state index in [9.17, 15) is 0 Å². The van der Waals surface area contributed by atoms with Crippen molar-refractivity contribution in [2.24, 2.45) is 11.7 Å². The molecule has 0 aromatic carbocycles. The van der Waals surface area contributed by atoms with Gasteiger partial charge >= 0.3 is 0 Å². The molecule has 1 heterocycles. The Kier molecular flexibility index (Phi) is 4.63. The first-order valence-electron chi connectivity index (χ1n) is 5.15. The number of rotatable bonds is 5. The first-order chi connectivity index (χ1) is 6.76. The fraction of sp³-hybridized carbons (Fsp3) is 0.500. The zero-order valence-electron chi connectivity index (χ0n) is 8.78. The Morgan fingerprint density at radius 2 is 2.36 bits per heavy atom. The van der Waals surface area contributed by atoms with Crippen molar-refractivity contribution in [3.8, 4) is 0 Å². The van der Waals surface area contributed by atoms with Gasteiger partial charge < -0.3 is 5.73 Å². The van der Waals surface area contributed by atoms with Crippen LogP contribution in [0.15, 0.2) is 37.0 Å². The summed E-state index contributed by atoms with van der Waals surface area (Å²) in [5.74, 6) is 0.686. The van der Waals surface area contributed by atoms with Crippen LogP contribution >= 0.6 is 0 Å². The molecule has 1 unspecified atom stereocenters. The van der Waals surface area contributed by atoms with Crippen molar-refractivity contribution in [2.75, 3.05) is 26.2 Å². The quantitative estimate of drug-likeness (QED) is 0.670. The summed E-state index contributed by atoms with van der Waals surface area (Å²) in [7, 11) is 0. The Morgan fingerprint density at radius 3 is 2.93 bits per heavy atom. The molecule has 1 atom stereocenters. The third-order valence-electron chi connectivity index (χ3n) is 2.60.